The highest BCUT2D eigenvalue weighted by atomic mass is 16.3. The van der Waals surface area contributed by atoms with Crippen molar-refractivity contribution in [1.29, 1.82) is 0 Å². The average Bonchev–Trinajstić information content (AvgIpc) is 3.09. The highest BCUT2D eigenvalue weighted by molar-refractivity contribution is 5.97. The molecule has 2 fully saturated rings. The molecule has 0 aromatic heterocycles. The number of likely N-dealkylation sites (tertiary alicyclic amines) is 1. The van der Waals surface area contributed by atoms with Crippen molar-refractivity contribution in [1.82, 2.24) is 26.2 Å². The van der Waals surface area contributed by atoms with Crippen LogP contribution < -0.4 is 44.2 Å². The second-order valence-electron chi connectivity index (χ2n) is 14.0. The Hall–Kier alpha value is -4.93. The molecule has 2 aliphatic rings. The lowest BCUT2D eigenvalue weighted by Gasteiger charge is -2.42. The van der Waals surface area contributed by atoms with Gasteiger partial charge in [0, 0.05) is 26.4 Å². The van der Waals surface area contributed by atoms with Gasteiger partial charge in [-0.2, -0.15) is 0 Å². The largest absolute Gasteiger partial charge is 0.508 e. The van der Waals surface area contributed by atoms with Gasteiger partial charge in [0.2, 0.25) is 35.4 Å². The number of phenols is 1. The highest BCUT2D eigenvalue weighted by Gasteiger charge is 2.43. The van der Waals surface area contributed by atoms with Crippen molar-refractivity contribution < 1.29 is 33.9 Å². The third kappa shape index (κ3) is 14.2. The predicted octanol–water partition coefficient (Wildman–Crippen LogP) is -0.867. The van der Waals surface area contributed by atoms with Gasteiger partial charge in [0.05, 0.1) is 0 Å². The van der Waals surface area contributed by atoms with Crippen molar-refractivity contribution in [3.05, 3.63) is 29.8 Å². The van der Waals surface area contributed by atoms with Crippen molar-refractivity contribution >= 4 is 41.4 Å². The van der Waals surface area contributed by atoms with Gasteiger partial charge in [-0.05, 0) is 75.1 Å². The third-order valence-corrected chi connectivity index (χ3v) is 9.77. The van der Waals surface area contributed by atoms with E-state index in [9.17, 15) is 33.9 Å². The van der Waals surface area contributed by atoms with Crippen LogP contribution in [0.15, 0.2) is 29.3 Å². The van der Waals surface area contributed by atoms with Crippen LogP contribution in [-0.4, -0.2) is 101 Å². The van der Waals surface area contributed by atoms with E-state index in [4.69, 9.17) is 22.9 Å². The number of carbonyl (C=O) groups is 6. The first kappa shape index (κ1) is 42.5. The first-order chi connectivity index (χ1) is 25.3. The topological polar surface area (TPSA) is 290 Å². The summed E-state index contributed by atoms with van der Waals surface area (Å²) in [4.78, 5) is 84.6. The predicted molar refractivity (Wildman–Crippen MR) is 199 cm³/mol. The maximum Gasteiger partial charge on any atom is 0.245 e. The zero-order chi connectivity index (χ0) is 38.9. The van der Waals surface area contributed by atoms with E-state index in [2.05, 4.69) is 26.3 Å². The first-order valence-electron chi connectivity index (χ1n) is 18.6. The van der Waals surface area contributed by atoms with Gasteiger partial charge in [0.15, 0.2) is 5.96 Å². The summed E-state index contributed by atoms with van der Waals surface area (Å²) in [6.07, 6.45) is 7.78. The van der Waals surface area contributed by atoms with E-state index in [-0.39, 0.29) is 50.0 Å². The van der Waals surface area contributed by atoms with Gasteiger partial charge in [-0.3, -0.25) is 33.8 Å². The molecule has 1 saturated heterocycles. The molecule has 0 spiro atoms. The molecule has 53 heavy (non-hydrogen) atoms. The number of carbonyl (C=O) groups excluding carboxylic acids is 6. The number of guanidine groups is 1. The molecule has 6 amide bonds. The summed E-state index contributed by atoms with van der Waals surface area (Å²) in [5.41, 5.74) is 22.6. The molecule has 1 aliphatic heterocycles. The Morgan fingerprint density at radius 1 is 0.811 bits per heavy atom. The summed E-state index contributed by atoms with van der Waals surface area (Å²) in [6.45, 7) is 2.23. The molecule has 5 atom stereocenters. The van der Waals surface area contributed by atoms with Gasteiger partial charge in [0.25, 0.3) is 0 Å². The Kier molecular flexibility index (Phi) is 17.3. The number of nitrogens with zero attached hydrogens (tertiary/aromatic N) is 2. The Labute approximate surface area is 310 Å². The molecule has 5 unspecified atom stereocenters. The van der Waals surface area contributed by atoms with E-state index in [1.165, 1.54) is 24.0 Å². The minimum Gasteiger partial charge on any atom is -0.508 e. The monoisotopic (exact) mass is 742 g/mol. The van der Waals surface area contributed by atoms with Crippen LogP contribution in [0, 0.1) is 5.92 Å². The lowest BCUT2D eigenvalue weighted by molar-refractivity contribution is -0.151. The molecular weight excluding hydrogens is 684 g/mol. The summed E-state index contributed by atoms with van der Waals surface area (Å²) in [7, 11) is 0. The van der Waals surface area contributed by atoms with Crippen LogP contribution in [0.2, 0.25) is 0 Å². The van der Waals surface area contributed by atoms with Crippen molar-refractivity contribution in [3.8, 4) is 5.75 Å². The van der Waals surface area contributed by atoms with Gasteiger partial charge in [-0.1, -0.05) is 44.2 Å². The van der Waals surface area contributed by atoms with Gasteiger partial charge >= 0.3 is 0 Å². The lowest BCUT2D eigenvalue weighted by Crippen LogP contribution is -2.65. The fourth-order valence-electron chi connectivity index (χ4n) is 6.79. The van der Waals surface area contributed by atoms with Gasteiger partial charge in [-0.15, -0.1) is 0 Å². The Morgan fingerprint density at radius 2 is 1.45 bits per heavy atom. The van der Waals surface area contributed by atoms with E-state index in [1.807, 2.05) is 0 Å². The van der Waals surface area contributed by atoms with Crippen LogP contribution in [0.4, 0.5) is 0 Å². The molecule has 0 bridgehead atoms. The first-order valence-corrected chi connectivity index (χ1v) is 18.6. The smallest absolute Gasteiger partial charge is 0.245 e. The van der Waals surface area contributed by atoms with Crippen molar-refractivity contribution in [2.24, 2.45) is 33.8 Å². The molecule has 3 rings (SSSR count). The number of hydrogen-bond donors (Lipinski definition) is 9. The quantitative estimate of drug-likeness (QED) is 0.0426. The minimum absolute atomic E-state index is 0.0281. The number of nitrogens with two attached hydrogens (primary N) is 4. The van der Waals surface area contributed by atoms with Crippen LogP contribution in [0.5, 0.6) is 5.75 Å². The third-order valence-electron chi connectivity index (χ3n) is 9.77. The van der Waals surface area contributed by atoms with E-state index >= 15 is 0 Å². The summed E-state index contributed by atoms with van der Waals surface area (Å²) >= 11 is 0. The number of benzene rings is 1. The fraction of sp³-hybridized carbons (Fsp3) is 0.639. The number of aliphatic imine (C=N–C) groups is 1. The van der Waals surface area contributed by atoms with Gasteiger partial charge in [0.1, 0.15) is 36.0 Å². The van der Waals surface area contributed by atoms with Crippen LogP contribution >= 0.6 is 0 Å². The molecular formula is C36H58N10O7. The minimum atomic E-state index is -1.14. The SMILES string of the molecule is CC(=O)NC(CCCN=C(N)N)C(=O)NC(CC1CCCCC1)C(=O)N1CCC1C(=O)NC(Cc1ccc(O)cc1)C(=O)NC(CCCCN)C(N)=O. The zero-order valence-corrected chi connectivity index (χ0v) is 30.7. The van der Waals surface area contributed by atoms with E-state index in [1.54, 1.807) is 12.1 Å². The van der Waals surface area contributed by atoms with Crippen molar-refractivity contribution in [2.75, 3.05) is 19.6 Å². The second kappa shape index (κ2) is 21.6. The summed E-state index contributed by atoms with van der Waals surface area (Å²) in [6, 6.07) is 1.22. The standard InChI is InChI=1S/C36H58N10O7/c1-22(47)42-27(11-7-18-41-36(39)40)32(50)45-29(21-23-8-3-2-4-9-23)35(53)46-19-16-30(46)34(52)44-28(20-24-12-14-25(48)15-13-24)33(51)43-26(31(38)49)10-5-6-17-37/h12-15,23,26-30,48H,2-11,16-21,37H2,1H3,(H2,38,49)(H,42,47)(H,43,51)(H,44,52)(H,45,50)(H4,39,40,41). The molecule has 294 valence electrons. The molecule has 1 aromatic carbocycles. The molecule has 13 N–H and O–H groups in total. The van der Waals surface area contributed by atoms with E-state index in [0.29, 0.717) is 44.2 Å². The number of amides is 6. The van der Waals surface area contributed by atoms with E-state index < -0.39 is 65.7 Å². The van der Waals surface area contributed by atoms with Crippen molar-refractivity contribution in [2.45, 2.75) is 121 Å². The maximum absolute atomic E-state index is 14.2. The number of phenolic OH excluding ortho intramolecular Hbond substituents is 1. The Bertz CT molecular complexity index is 1430. The molecule has 0 radical (unpaired) electrons. The number of nitrogens with one attached hydrogen (secondary N) is 4. The number of primary amides is 1. The second-order valence-corrected chi connectivity index (χ2v) is 14.0. The molecule has 1 aromatic rings. The molecule has 17 nitrogen and oxygen atoms in total. The highest BCUT2D eigenvalue weighted by Crippen LogP contribution is 2.29. The van der Waals surface area contributed by atoms with Crippen LogP contribution in [0.1, 0.15) is 89.5 Å². The lowest BCUT2D eigenvalue weighted by atomic mass is 9.84. The Morgan fingerprint density at radius 3 is 2.04 bits per heavy atom. The summed E-state index contributed by atoms with van der Waals surface area (Å²) in [5, 5.41) is 20.7. The number of unbranched alkanes of at least 4 members (excludes halogenated alkanes) is 1. The molecule has 17 heteroatoms. The Balaban J connectivity index is 1.78. The summed E-state index contributed by atoms with van der Waals surface area (Å²) < 4.78 is 0. The van der Waals surface area contributed by atoms with Crippen LogP contribution in [0.25, 0.3) is 0 Å². The van der Waals surface area contributed by atoms with Crippen LogP contribution in [0.3, 0.4) is 0 Å². The maximum atomic E-state index is 14.2. The molecule has 1 heterocycles. The number of aromatic hydroxyl groups is 1. The normalized spacial score (nSPS) is 17.9. The molecule has 1 saturated carbocycles. The van der Waals surface area contributed by atoms with Crippen LogP contribution in [-0.2, 0) is 35.2 Å². The average molecular weight is 743 g/mol. The van der Waals surface area contributed by atoms with E-state index in [0.717, 1.165) is 32.1 Å². The van der Waals surface area contributed by atoms with Crippen molar-refractivity contribution in [3.63, 3.8) is 0 Å². The fourth-order valence-corrected chi connectivity index (χ4v) is 6.79. The number of hydrogen-bond acceptors (Lipinski definition) is 9. The van der Waals surface area contributed by atoms with Gasteiger partial charge in [-0.25, -0.2) is 0 Å². The van der Waals surface area contributed by atoms with Gasteiger partial charge < -0.3 is 54.2 Å². The number of rotatable bonds is 21. The zero-order valence-electron chi connectivity index (χ0n) is 30.7. The molecule has 1 aliphatic carbocycles. The summed E-state index contributed by atoms with van der Waals surface area (Å²) in [5.74, 6) is -3.15.